The summed E-state index contributed by atoms with van der Waals surface area (Å²) in [5, 5.41) is 14.9. The monoisotopic (exact) mass is 389 g/mol. The molecule has 102 valence electrons. The van der Waals surface area contributed by atoms with Crippen LogP contribution < -0.4 is 10.1 Å². The summed E-state index contributed by atoms with van der Waals surface area (Å²) in [5.41, 5.74) is 0.821. The van der Waals surface area contributed by atoms with Crippen LogP contribution in [0, 0.1) is 0 Å². The molecule has 1 N–H and O–H groups in total. The first-order chi connectivity index (χ1) is 9.08. The summed E-state index contributed by atoms with van der Waals surface area (Å²) >= 11 is 6.95. The van der Waals surface area contributed by atoms with Crippen LogP contribution in [0.15, 0.2) is 21.1 Å². The smallest absolute Gasteiger partial charge is 0.173 e. The van der Waals surface area contributed by atoms with Gasteiger partial charge in [-0.05, 0) is 62.3 Å². The van der Waals surface area contributed by atoms with Gasteiger partial charge in [0, 0.05) is 10.5 Å². The Labute approximate surface area is 127 Å². The van der Waals surface area contributed by atoms with Gasteiger partial charge in [-0.3, -0.25) is 0 Å². The summed E-state index contributed by atoms with van der Waals surface area (Å²) in [4.78, 5) is 0. The first-order valence-electron chi connectivity index (χ1n) is 5.57. The number of halogens is 2. The molecule has 0 bridgehead atoms. The van der Waals surface area contributed by atoms with Gasteiger partial charge in [-0.2, -0.15) is 4.68 Å². The van der Waals surface area contributed by atoms with Gasteiger partial charge in [0.25, 0.3) is 0 Å². The van der Waals surface area contributed by atoms with E-state index in [-0.39, 0.29) is 6.04 Å². The number of nitrogens with zero attached hydrogens (tertiary/aromatic N) is 4. The van der Waals surface area contributed by atoms with Crippen LogP contribution in [0.3, 0.4) is 0 Å². The van der Waals surface area contributed by atoms with Gasteiger partial charge in [0.15, 0.2) is 5.82 Å². The van der Waals surface area contributed by atoms with Crippen molar-refractivity contribution in [3.8, 4) is 11.4 Å². The molecule has 1 atom stereocenters. The van der Waals surface area contributed by atoms with Crippen LogP contribution in [0.2, 0.25) is 0 Å². The van der Waals surface area contributed by atoms with Crippen molar-refractivity contribution in [2.75, 3.05) is 14.2 Å². The maximum Gasteiger partial charge on any atom is 0.173 e. The van der Waals surface area contributed by atoms with E-state index in [0.29, 0.717) is 0 Å². The molecule has 1 unspecified atom stereocenters. The Morgan fingerprint density at radius 2 is 2.05 bits per heavy atom. The zero-order chi connectivity index (χ0) is 14.0. The van der Waals surface area contributed by atoms with Crippen molar-refractivity contribution in [2.24, 2.45) is 0 Å². The van der Waals surface area contributed by atoms with Crippen molar-refractivity contribution < 1.29 is 4.74 Å². The minimum Gasteiger partial charge on any atom is -0.495 e. The minimum atomic E-state index is 0.0385. The molecule has 6 nitrogen and oxygen atoms in total. The third-order valence-corrected chi connectivity index (χ3v) is 4.02. The molecule has 0 aliphatic heterocycles. The summed E-state index contributed by atoms with van der Waals surface area (Å²) in [7, 11) is 3.48. The van der Waals surface area contributed by atoms with E-state index in [0.717, 1.165) is 26.2 Å². The van der Waals surface area contributed by atoms with Gasteiger partial charge >= 0.3 is 0 Å². The minimum absolute atomic E-state index is 0.0385. The highest BCUT2D eigenvalue weighted by Crippen LogP contribution is 2.33. The lowest BCUT2D eigenvalue weighted by Crippen LogP contribution is -2.18. The van der Waals surface area contributed by atoms with Gasteiger partial charge in [-0.15, -0.1) is 5.10 Å². The zero-order valence-corrected chi connectivity index (χ0v) is 13.9. The summed E-state index contributed by atoms with van der Waals surface area (Å²) in [5.74, 6) is 1.45. The molecule has 8 heteroatoms. The Bertz CT molecular complexity index is 586. The lowest BCUT2D eigenvalue weighted by atomic mass is 10.2. The Hall–Kier alpha value is -0.990. The Morgan fingerprint density at radius 3 is 2.68 bits per heavy atom. The number of methoxy groups -OCH3 is 1. The van der Waals surface area contributed by atoms with E-state index in [1.807, 2.05) is 26.1 Å². The number of nitrogens with one attached hydrogen (secondary N) is 1. The molecule has 0 spiro atoms. The van der Waals surface area contributed by atoms with Gasteiger partial charge in [0.1, 0.15) is 5.75 Å². The summed E-state index contributed by atoms with van der Waals surface area (Å²) < 4.78 is 8.72. The van der Waals surface area contributed by atoms with Gasteiger partial charge in [0.05, 0.1) is 23.3 Å². The van der Waals surface area contributed by atoms with Crippen molar-refractivity contribution in [2.45, 2.75) is 13.0 Å². The Kier molecular flexibility index (Phi) is 4.54. The standard InChI is InChI=1S/C11H13Br2N5O/c1-6(14-2)11-15-16-17-18(11)9-5-10(19-3)8(13)4-7(9)12/h4-6,14H,1-3H3. The zero-order valence-electron chi connectivity index (χ0n) is 10.7. The molecule has 1 aromatic heterocycles. The number of hydrogen-bond donors (Lipinski definition) is 1. The fourth-order valence-corrected chi connectivity index (χ4v) is 2.93. The molecule has 1 aromatic carbocycles. The number of aromatic nitrogens is 4. The number of ether oxygens (including phenoxy) is 1. The lowest BCUT2D eigenvalue weighted by Gasteiger charge is -2.13. The van der Waals surface area contributed by atoms with E-state index < -0.39 is 0 Å². The maximum absolute atomic E-state index is 5.30. The first kappa shape index (κ1) is 14.4. The molecule has 2 aromatic rings. The van der Waals surface area contributed by atoms with E-state index in [2.05, 4.69) is 52.7 Å². The molecule has 0 saturated heterocycles. The first-order valence-corrected chi connectivity index (χ1v) is 7.16. The second-order valence-corrected chi connectivity index (χ2v) is 5.61. The molecule has 2 rings (SSSR count). The third kappa shape index (κ3) is 2.80. The number of rotatable bonds is 4. The molecule has 0 amide bonds. The summed E-state index contributed by atoms with van der Waals surface area (Å²) in [6.07, 6.45) is 0. The maximum atomic E-state index is 5.30. The van der Waals surface area contributed by atoms with Crippen LogP contribution in [-0.2, 0) is 0 Å². The van der Waals surface area contributed by atoms with E-state index in [9.17, 15) is 0 Å². The van der Waals surface area contributed by atoms with Crippen LogP contribution in [-0.4, -0.2) is 34.4 Å². The largest absolute Gasteiger partial charge is 0.495 e. The number of tetrazole rings is 1. The van der Waals surface area contributed by atoms with Crippen LogP contribution in [0.5, 0.6) is 5.75 Å². The van der Waals surface area contributed by atoms with Crippen molar-refractivity contribution >= 4 is 31.9 Å². The Balaban J connectivity index is 2.56. The summed E-state index contributed by atoms with van der Waals surface area (Å²) in [6, 6.07) is 3.82. The quantitative estimate of drug-likeness (QED) is 0.868. The van der Waals surface area contributed by atoms with E-state index >= 15 is 0 Å². The topological polar surface area (TPSA) is 64.9 Å². The van der Waals surface area contributed by atoms with E-state index in [1.54, 1.807) is 11.8 Å². The molecular weight excluding hydrogens is 378 g/mol. The van der Waals surface area contributed by atoms with Gasteiger partial charge < -0.3 is 10.1 Å². The average Bonchev–Trinajstić information content (AvgIpc) is 2.87. The van der Waals surface area contributed by atoms with E-state index in [4.69, 9.17) is 4.74 Å². The average molecular weight is 391 g/mol. The fraction of sp³-hybridized carbons (Fsp3) is 0.364. The third-order valence-electron chi connectivity index (χ3n) is 2.76. The van der Waals surface area contributed by atoms with Crippen LogP contribution in [0.4, 0.5) is 0 Å². The van der Waals surface area contributed by atoms with E-state index in [1.165, 1.54) is 0 Å². The van der Waals surface area contributed by atoms with Crippen LogP contribution in [0.1, 0.15) is 18.8 Å². The van der Waals surface area contributed by atoms with Crippen molar-refractivity contribution in [1.29, 1.82) is 0 Å². The van der Waals surface area contributed by atoms with Crippen molar-refractivity contribution in [1.82, 2.24) is 25.5 Å². The predicted octanol–water partition coefficient (Wildman–Crippen LogP) is 2.48. The molecule has 19 heavy (non-hydrogen) atoms. The lowest BCUT2D eigenvalue weighted by molar-refractivity contribution is 0.411. The van der Waals surface area contributed by atoms with Crippen LogP contribution >= 0.6 is 31.9 Å². The highest BCUT2D eigenvalue weighted by Gasteiger charge is 2.17. The van der Waals surface area contributed by atoms with Crippen molar-refractivity contribution in [3.05, 3.63) is 26.9 Å². The Morgan fingerprint density at radius 1 is 1.32 bits per heavy atom. The van der Waals surface area contributed by atoms with Gasteiger partial charge in [-0.1, -0.05) is 0 Å². The molecular formula is C11H13Br2N5O. The number of hydrogen-bond acceptors (Lipinski definition) is 5. The summed E-state index contributed by atoms with van der Waals surface area (Å²) in [6.45, 7) is 1.99. The highest BCUT2D eigenvalue weighted by molar-refractivity contribution is 9.11. The molecule has 1 heterocycles. The second-order valence-electron chi connectivity index (χ2n) is 3.90. The molecule has 0 aliphatic rings. The van der Waals surface area contributed by atoms with Crippen LogP contribution in [0.25, 0.3) is 5.69 Å². The molecule has 0 fully saturated rings. The SMILES string of the molecule is CNC(C)c1nnnn1-c1cc(OC)c(Br)cc1Br. The molecule has 0 radical (unpaired) electrons. The van der Waals surface area contributed by atoms with Gasteiger partial charge in [-0.25, -0.2) is 0 Å². The highest BCUT2D eigenvalue weighted by atomic mass is 79.9. The fourth-order valence-electron chi connectivity index (χ4n) is 1.60. The van der Waals surface area contributed by atoms with Crippen molar-refractivity contribution in [3.63, 3.8) is 0 Å². The normalized spacial score (nSPS) is 12.5. The second kappa shape index (κ2) is 5.98. The molecule has 0 saturated carbocycles. The van der Waals surface area contributed by atoms with Gasteiger partial charge in [0.2, 0.25) is 0 Å². The predicted molar refractivity (Wildman–Crippen MR) is 78.6 cm³/mol. The number of benzene rings is 1. The molecule has 0 aliphatic carbocycles.